The minimum Gasteiger partial charge on any atom is -0.465 e. The van der Waals surface area contributed by atoms with Gasteiger partial charge in [-0.15, -0.1) is 11.3 Å². The Morgan fingerprint density at radius 1 is 1.17 bits per heavy atom. The van der Waals surface area contributed by atoms with Crippen LogP contribution in [-0.4, -0.2) is 5.91 Å². The third-order valence-electron chi connectivity index (χ3n) is 3.04. The zero-order valence-electron chi connectivity index (χ0n) is 12.2. The fourth-order valence-electron chi connectivity index (χ4n) is 1.92. The summed E-state index contributed by atoms with van der Waals surface area (Å²) in [7, 11) is 0. The summed E-state index contributed by atoms with van der Waals surface area (Å²) in [6.45, 7) is 0.643. The van der Waals surface area contributed by atoms with Crippen molar-refractivity contribution in [2.75, 3.05) is 10.6 Å². The molecule has 24 heavy (non-hydrogen) atoms. The molecule has 0 spiro atoms. The van der Waals surface area contributed by atoms with Gasteiger partial charge in [0.2, 0.25) is 5.76 Å². The molecule has 0 aliphatic carbocycles. The number of hydrogen-bond acceptors (Lipinski definition) is 5. The van der Waals surface area contributed by atoms with Gasteiger partial charge in [0.25, 0.3) is 5.91 Å². The molecule has 0 saturated carbocycles. The first-order valence-electron chi connectivity index (χ1n) is 6.88. The maximum atomic E-state index is 12.0. The summed E-state index contributed by atoms with van der Waals surface area (Å²) >= 11 is 13.6. The summed E-state index contributed by atoms with van der Waals surface area (Å²) < 4.78 is 10.7. The van der Waals surface area contributed by atoms with Gasteiger partial charge in [-0.3, -0.25) is 4.79 Å². The van der Waals surface area contributed by atoms with Crippen molar-refractivity contribution >= 4 is 51.8 Å². The highest BCUT2D eigenvalue weighted by molar-refractivity contribution is 7.16. The molecule has 1 amide bonds. The molecule has 2 aromatic rings. The molecule has 1 aliphatic rings. The minimum atomic E-state index is -0.449. The number of benzene rings is 1. The van der Waals surface area contributed by atoms with Gasteiger partial charge >= 0.3 is 0 Å². The van der Waals surface area contributed by atoms with Gasteiger partial charge in [0.1, 0.15) is 18.8 Å². The lowest BCUT2D eigenvalue weighted by Gasteiger charge is -2.12. The average Bonchev–Trinajstić information content (AvgIpc) is 3.01. The zero-order valence-corrected chi connectivity index (χ0v) is 14.5. The van der Waals surface area contributed by atoms with E-state index in [1.54, 1.807) is 12.1 Å². The number of anilines is 2. The molecule has 0 bridgehead atoms. The van der Waals surface area contributed by atoms with E-state index in [0.29, 0.717) is 17.3 Å². The zero-order chi connectivity index (χ0) is 16.9. The molecule has 0 saturated heterocycles. The first-order chi connectivity index (χ1) is 11.6. The van der Waals surface area contributed by atoms with Crippen LogP contribution in [-0.2, 0) is 20.8 Å². The smallest absolute Gasteiger partial charge is 0.294 e. The Balaban J connectivity index is 1.61. The second kappa shape index (κ2) is 7.61. The van der Waals surface area contributed by atoms with Gasteiger partial charge in [0.05, 0.1) is 15.0 Å². The Labute approximate surface area is 152 Å². The quantitative estimate of drug-likeness (QED) is 0.766. The van der Waals surface area contributed by atoms with E-state index in [1.165, 1.54) is 30.1 Å². The van der Waals surface area contributed by atoms with Crippen LogP contribution in [0.4, 0.5) is 11.4 Å². The van der Waals surface area contributed by atoms with Crippen molar-refractivity contribution in [3.05, 3.63) is 69.1 Å². The van der Waals surface area contributed by atoms with E-state index in [0.717, 1.165) is 14.9 Å². The van der Waals surface area contributed by atoms with E-state index in [1.807, 2.05) is 18.2 Å². The third-order valence-corrected chi connectivity index (χ3v) is 4.58. The van der Waals surface area contributed by atoms with Crippen LogP contribution in [0, 0.1) is 0 Å². The molecular formula is C16H12Cl2N2O3S. The topological polar surface area (TPSA) is 59.6 Å². The van der Waals surface area contributed by atoms with Crippen LogP contribution >= 0.6 is 34.5 Å². The molecular weight excluding hydrogens is 371 g/mol. The fraction of sp³-hybridized carbons (Fsp3) is 0.0625. The van der Waals surface area contributed by atoms with Crippen LogP contribution in [0.15, 0.2) is 54.9 Å². The molecule has 3 rings (SSSR count). The Hall–Kier alpha value is -2.15. The summed E-state index contributed by atoms with van der Waals surface area (Å²) in [6, 6.07) is 9.09. The van der Waals surface area contributed by atoms with Gasteiger partial charge in [-0.1, -0.05) is 23.2 Å². The maximum Gasteiger partial charge on any atom is 0.294 e. The van der Waals surface area contributed by atoms with Crippen molar-refractivity contribution in [3.63, 3.8) is 0 Å². The monoisotopic (exact) mass is 382 g/mol. The summed E-state index contributed by atoms with van der Waals surface area (Å²) in [5.41, 5.74) is 1.31. The van der Waals surface area contributed by atoms with Gasteiger partial charge in [-0.05, 0) is 30.3 Å². The third kappa shape index (κ3) is 4.23. The first-order valence-corrected chi connectivity index (χ1v) is 8.45. The molecule has 2 N–H and O–H groups in total. The second-order valence-electron chi connectivity index (χ2n) is 4.72. The molecule has 8 heteroatoms. The molecule has 0 atom stereocenters. The highest BCUT2D eigenvalue weighted by atomic mass is 35.5. The molecule has 2 heterocycles. The van der Waals surface area contributed by atoms with Gasteiger partial charge in [-0.25, -0.2) is 0 Å². The van der Waals surface area contributed by atoms with Crippen molar-refractivity contribution in [2.45, 2.75) is 6.54 Å². The van der Waals surface area contributed by atoms with Crippen LogP contribution in [0.1, 0.15) is 4.88 Å². The van der Waals surface area contributed by atoms with Gasteiger partial charge in [0, 0.05) is 17.1 Å². The number of rotatable bonds is 5. The van der Waals surface area contributed by atoms with Crippen molar-refractivity contribution in [2.24, 2.45) is 0 Å². The van der Waals surface area contributed by atoms with Crippen LogP contribution in [0.25, 0.3) is 0 Å². The standard InChI is InChI=1S/C16H12Cl2N2O3S/c17-12-7-10(19-8-11-2-4-15(18)24-11)1-3-13(12)20-16(21)14-9-22-5-6-23-14/h1-7,9,19H,8H2,(H,20,21). The SMILES string of the molecule is O=C(Nc1ccc(NCc2ccc(Cl)s2)cc1Cl)C1=COC=CO1. The Bertz CT molecular complexity index is 817. The second-order valence-corrected chi connectivity index (χ2v) is 6.92. The Morgan fingerprint density at radius 3 is 2.71 bits per heavy atom. The summed E-state index contributed by atoms with van der Waals surface area (Å²) in [5, 5.41) is 6.32. The van der Waals surface area contributed by atoms with Gasteiger partial charge < -0.3 is 20.1 Å². The van der Waals surface area contributed by atoms with E-state index >= 15 is 0 Å². The summed E-state index contributed by atoms with van der Waals surface area (Å²) in [6.07, 6.45) is 3.82. The molecule has 0 radical (unpaired) electrons. The van der Waals surface area contributed by atoms with Gasteiger partial charge in [0.15, 0.2) is 0 Å². The lowest BCUT2D eigenvalue weighted by Crippen LogP contribution is -2.16. The lowest BCUT2D eigenvalue weighted by molar-refractivity contribution is -0.115. The van der Waals surface area contributed by atoms with Crippen molar-refractivity contribution in [3.8, 4) is 0 Å². The number of carbonyl (C=O) groups excluding carboxylic acids is 1. The number of halogens is 2. The fourth-order valence-corrected chi connectivity index (χ4v) is 3.17. The lowest BCUT2D eigenvalue weighted by atomic mass is 10.2. The predicted molar refractivity (Wildman–Crippen MR) is 96.1 cm³/mol. The molecule has 1 aromatic carbocycles. The van der Waals surface area contributed by atoms with Crippen molar-refractivity contribution < 1.29 is 14.3 Å². The number of ether oxygens (including phenoxy) is 2. The molecule has 0 fully saturated rings. The van der Waals surface area contributed by atoms with E-state index < -0.39 is 5.91 Å². The van der Waals surface area contributed by atoms with E-state index in [-0.39, 0.29) is 5.76 Å². The molecule has 124 valence electrons. The van der Waals surface area contributed by atoms with Crippen molar-refractivity contribution in [1.82, 2.24) is 0 Å². The number of amides is 1. The van der Waals surface area contributed by atoms with Crippen LogP contribution in [0.5, 0.6) is 0 Å². The minimum absolute atomic E-state index is 0.0466. The molecule has 5 nitrogen and oxygen atoms in total. The van der Waals surface area contributed by atoms with Crippen LogP contribution in [0.2, 0.25) is 9.36 Å². The Morgan fingerprint density at radius 2 is 2.04 bits per heavy atom. The molecule has 1 aromatic heterocycles. The summed E-state index contributed by atoms with van der Waals surface area (Å²) in [4.78, 5) is 13.1. The predicted octanol–water partition coefficient (Wildman–Crippen LogP) is 4.96. The molecule has 0 unspecified atom stereocenters. The average molecular weight is 383 g/mol. The normalized spacial score (nSPS) is 12.8. The number of nitrogens with one attached hydrogen (secondary N) is 2. The van der Waals surface area contributed by atoms with E-state index in [9.17, 15) is 4.79 Å². The number of carbonyl (C=O) groups is 1. The number of thiophene rings is 1. The van der Waals surface area contributed by atoms with Crippen molar-refractivity contribution in [1.29, 1.82) is 0 Å². The number of hydrogen-bond donors (Lipinski definition) is 2. The van der Waals surface area contributed by atoms with Crippen LogP contribution in [0.3, 0.4) is 0 Å². The van der Waals surface area contributed by atoms with Gasteiger partial charge in [-0.2, -0.15) is 0 Å². The largest absolute Gasteiger partial charge is 0.465 e. The molecule has 1 aliphatic heterocycles. The first kappa shape index (κ1) is 16.7. The Kier molecular flexibility index (Phi) is 5.30. The highest BCUT2D eigenvalue weighted by Gasteiger charge is 2.15. The van der Waals surface area contributed by atoms with E-state index in [4.69, 9.17) is 32.7 Å². The highest BCUT2D eigenvalue weighted by Crippen LogP contribution is 2.27. The van der Waals surface area contributed by atoms with Crippen LogP contribution < -0.4 is 10.6 Å². The summed E-state index contributed by atoms with van der Waals surface area (Å²) in [5.74, 6) is -0.402. The van der Waals surface area contributed by atoms with E-state index in [2.05, 4.69) is 10.6 Å². The maximum absolute atomic E-state index is 12.0.